The van der Waals surface area contributed by atoms with Crippen LogP contribution in [-0.2, 0) is 0 Å². The van der Waals surface area contributed by atoms with Crippen LogP contribution in [0.5, 0.6) is 0 Å². The predicted molar refractivity (Wildman–Crippen MR) is 72.7 cm³/mol. The Balaban J connectivity index is 1.57. The van der Waals surface area contributed by atoms with Gasteiger partial charge in [-0.3, -0.25) is 4.68 Å². The lowest BCUT2D eigenvalue weighted by atomic mass is 10.2. The molecule has 0 spiro atoms. The van der Waals surface area contributed by atoms with Crippen molar-refractivity contribution >= 4 is 0 Å². The van der Waals surface area contributed by atoms with E-state index in [-0.39, 0.29) is 0 Å². The number of aromatic nitrogens is 4. The van der Waals surface area contributed by atoms with Crippen LogP contribution in [0.15, 0.2) is 24.7 Å². The summed E-state index contributed by atoms with van der Waals surface area (Å²) in [5.41, 5.74) is 2.02. The lowest BCUT2D eigenvalue weighted by Crippen LogP contribution is -2.05. The van der Waals surface area contributed by atoms with E-state index in [4.69, 9.17) is 0 Å². The first-order valence-electron chi connectivity index (χ1n) is 7.27. The van der Waals surface area contributed by atoms with E-state index in [0.29, 0.717) is 12.0 Å². The van der Waals surface area contributed by atoms with E-state index in [0.717, 1.165) is 17.1 Å². The molecule has 0 N–H and O–H groups in total. The van der Waals surface area contributed by atoms with E-state index in [9.17, 15) is 0 Å². The molecule has 0 radical (unpaired) electrons. The van der Waals surface area contributed by atoms with Crippen molar-refractivity contribution in [3.63, 3.8) is 0 Å². The van der Waals surface area contributed by atoms with Gasteiger partial charge in [0.1, 0.15) is 5.82 Å². The van der Waals surface area contributed by atoms with E-state index in [1.54, 1.807) is 0 Å². The van der Waals surface area contributed by atoms with Crippen LogP contribution < -0.4 is 0 Å². The first kappa shape index (κ1) is 11.1. The Morgan fingerprint density at radius 2 is 1.74 bits per heavy atom. The molecule has 2 heterocycles. The molecule has 0 saturated heterocycles. The Morgan fingerprint density at radius 3 is 2.42 bits per heavy atom. The molecule has 0 bridgehead atoms. The van der Waals surface area contributed by atoms with Crippen molar-refractivity contribution in [2.75, 3.05) is 0 Å². The molecule has 19 heavy (non-hydrogen) atoms. The highest BCUT2D eigenvalue weighted by molar-refractivity contribution is 5.55. The van der Waals surface area contributed by atoms with Crippen molar-refractivity contribution in [2.45, 2.75) is 50.5 Å². The summed E-state index contributed by atoms with van der Waals surface area (Å²) in [6, 6.07) is 2.67. The third kappa shape index (κ3) is 2.15. The van der Waals surface area contributed by atoms with Crippen molar-refractivity contribution < 1.29 is 0 Å². The fourth-order valence-electron chi connectivity index (χ4n) is 2.89. The smallest absolute Gasteiger partial charge is 0.131 e. The van der Waals surface area contributed by atoms with Crippen LogP contribution in [0, 0.1) is 0 Å². The van der Waals surface area contributed by atoms with Crippen molar-refractivity contribution in [1.29, 1.82) is 0 Å². The van der Waals surface area contributed by atoms with Crippen molar-refractivity contribution in [1.82, 2.24) is 19.7 Å². The second kappa shape index (κ2) is 4.44. The summed E-state index contributed by atoms with van der Waals surface area (Å²) in [7, 11) is 0. The van der Waals surface area contributed by atoms with Gasteiger partial charge in [0.2, 0.25) is 0 Å². The van der Waals surface area contributed by atoms with Gasteiger partial charge in [0.15, 0.2) is 0 Å². The maximum absolute atomic E-state index is 4.69. The lowest BCUT2D eigenvalue weighted by molar-refractivity contribution is 0.468. The topological polar surface area (TPSA) is 43.6 Å². The summed E-state index contributed by atoms with van der Waals surface area (Å²) in [6.07, 6.45) is 13.6. The Morgan fingerprint density at radius 1 is 1.00 bits per heavy atom. The van der Waals surface area contributed by atoms with Gasteiger partial charge in [0.25, 0.3) is 0 Å². The van der Waals surface area contributed by atoms with Gasteiger partial charge in [-0.2, -0.15) is 5.10 Å². The molecule has 2 fully saturated rings. The summed E-state index contributed by atoms with van der Waals surface area (Å²) < 4.78 is 2.12. The summed E-state index contributed by atoms with van der Waals surface area (Å²) in [5.74, 6) is 1.61. The molecule has 0 atom stereocenters. The van der Waals surface area contributed by atoms with Crippen molar-refractivity contribution in [3.8, 4) is 11.3 Å². The molecule has 2 aliphatic rings. The van der Waals surface area contributed by atoms with Crippen LogP contribution >= 0.6 is 0 Å². The van der Waals surface area contributed by atoms with Gasteiger partial charge in [0, 0.05) is 30.1 Å². The molecule has 98 valence electrons. The molecular formula is C15H18N4. The highest BCUT2D eigenvalue weighted by Gasteiger charge is 2.26. The van der Waals surface area contributed by atoms with E-state index >= 15 is 0 Å². The van der Waals surface area contributed by atoms with Gasteiger partial charge in [-0.1, -0.05) is 12.8 Å². The third-order valence-electron chi connectivity index (χ3n) is 4.22. The van der Waals surface area contributed by atoms with Gasteiger partial charge >= 0.3 is 0 Å². The quantitative estimate of drug-likeness (QED) is 0.843. The van der Waals surface area contributed by atoms with Gasteiger partial charge in [0.05, 0.1) is 11.7 Å². The minimum absolute atomic E-state index is 0.598. The first-order valence-corrected chi connectivity index (χ1v) is 7.27. The largest absolute Gasteiger partial charge is 0.269 e. The maximum Gasteiger partial charge on any atom is 0.131 e. The van der Waals surface area contributed by atoms with Crippen LogP contribution in [0.4, 0.5) is 0 Å². The molecule has 2 aromatic heterocycles. The van der Waals surface area contributed by atoms with E-state index in [1.165, 1.54) is 38.5 Å². The van der Waals surface area contributed by atoms with Gasteiger partial charge in [-0.05, 0) is 31.7 Å². The predicted octanol–water partition coefficient (Wildman–Crippen LogP) is 3.33. The molecule has 4 heteroatoms. The fraction of sp³-hybridized carbons (Fsp3) is 0.533. The highest BCUT2D eigenvalue weighted by atomic mass is 15.3. The van der Waals surface area contributed by atoms with Crippen LogP contribution in [0.2, 0.25) is 0 Å². The first-order chi connectivity index (χ1) is 9.40. The molecular weight excluding hydrogens is 236 g/mol. The van der Waals surface area contributed by atoms with E-state index < -0.39 is 0 Å². The number of hydrogen-bond donors (Lipinski definition) is 0. The maximum atomic E-state index is 4.69. The lowest BCUT2D eigenvalue weighted by Gasteiger charge is -2.08. The zero-order valence-electron chi connectivity index (χ0n) is 11.0. The second-order valence-corrected chi connectivity index (χ2v) is 5.72. The molecule has 2 saturated carbocycles. The molecule has 0 unspecified atom stereocenters. The SMILES string of the molecule is c1nc(C2CC2)ncc1-c1ccn(C2CCCC2)n1. The van der Waals surface area contributed by atoms with Crippen LogP contribution in [0.25, 0.3) is 11.3 Å². The molecule has 0 amide bonds. The van der Waals surface area contributed by atoms with Gasteiger partial charge < -0.3 is 0 Å². The van der Waals surface area contributed by atoms with Crippen molar-refractivity contribution in [3.05, 3.63) is 30.5 Å². The zero-order valence-corrected chi connectivity index (χ0v) is 11.0. The molecule has 0 aromatic carbocycles. The molecule has 0 aliphatic heterocycles. The number of hydrogen-bond acceptors (Lipinski definition) is 3. The Hall–Kier alpha value is -1.71. The summed E-state index contributed by atoms with van der Waals surface area (Å²) in [6.45, 7) is 0. The van der Waals surface area contributed by atoms with Gasteiger partial charge in [-0.15, -0.1) is 0 Å². The van der Waals surface area contributed by atoms with Gasteiger partial charge in [-0.25, -0.2) is 9.97 Å². The summed E-state index contributed by atoms with van der Waals surface area (Å²) >= 11 is 0. The van der Waals surface area contributed by atoms with Crippen LogP contribution in [0.3, 0.4) is 0 Å². The molecule has 2 aromatic rings. The van der Waals surface area contributed by atoms with Crippen LogP contribution in [0.1, 0.15) is 56.3 Å². The minimum atomic E-state index is 0.598. The monoisotopic (exact) mass is 254 g/mol. The molecule has 2 aliphatic carbocycles. The fourth-order valence-corrected chi connectivity index (χ4v) is 2.89. The van der Waals surface area contributed by atoms with E-state index in [2.05, 4.69) is 32.0 Å². The number of nitrogens with zero attached hydrogens (tertiary/aromatic N) is 4. The van der Waals surface area contributed by atoms with E-state index in [1.807, 2.05) is 12.4 Å². The zero-order chi connectivity index (χ0) is 12.7. The summed E-state index contributed by atoms with van der Waals surface area (Å²) in [4.78, 5) is 8.93. The standard InChI is InChI=1S/C15H18N4/c1-2-4-13(3-1)19-8-7-14(18-19)12-9-16-15(17-10-12)11-5-6-11/h7-11,13H,1-6H2. The second-order valence-electron chi connectivity index (χ2n) is 5.72. The normalized spacial score (nSPS) is 20.0. The highest BCUT2D eigenvalue weighted by Crippen LogP contribution is 2.38. The van der Waals surface area contributed by atoms with Crippen LogP contribution in [-0.4, -0.2) is 19.7 Å². The average molecular weight is 254 g/mol. The average Bonchev–Trinajstić information content (AvgIpc) is 2.96. The minimum Gasteiger partial charge on any atom is -0.269 e. The molecule has 4 rings (SSSR count). The van der Waals surface area contributed by atoms with Crippen molar-refractivity contribution in [2.24, 2.45) is 0 Å². The Bertz CT molecular complexity index is 562. The number of rotatable bonds is 3. The Kier molecular flexibility index (Phi) is 2.60. The molecule has 4 nitrogen and oxygen atoms in total. The Labute approximate surface area is 112 Å². The third-order valence-corrected chi connectivity index (χ3v) is 4.22. The summed E-state index contributed by atoms with van der Waals surface area (Å²) in [5, 5.41) is 4.69.